The van der Waals surface area contributed by atoms with Crippen molar-refractivity contribution in [2.45, 2.75) is 12.6 Å². The molecule has 0 fully saturated rings. The van der Waals surface area contributed by atoms with Gasteiger partial charge < -0.3 is 0 Å². The fourth-order valence-corrected chi connectivity index (χ4v) is 1.35. The van der Waals surface area contributed by atoms with E-state index in [1.807, 2.05) is 0 Å². The highest BCUT2D eigenvalue weighted by atomic mass is 35.5. The lowest BCUT2D eigenvalue weighted by Crippen LogP contribution is -2.13. The largest absolute Gasteiger partial charge is 0.426 e. The van der Waals surface area contributed by atoms with Crippen LogP contribution in [0, 0.1) is 10.1 Å². The van der Waals surface area contributed by atoms with Crippen molar-refractivity contribution in [3.05, 3.63) is 32.6 Å². The van der Waals surface area contributed by atoms with Crippen LogP contribution in [0.1, 0.15) is 17.6 Å². The van der Waals surface area contributed by atoms with Crippen molar-refractivity contribution in [3.8, 4) is 0 Å². The molecular formula is C7H2ClF5N2O2. The third kappa shape index (κ3) is 2.60. The van der Waals surface area contributed by atoms with Crippen LogP contribution in [-0.2, 0) is 6.18 Å². The molecule has 0 saturated carbocycles. The molecule has 1 aromatic rings. The Morgan fingerprint density at radius 2 is 1.94 bits per heavy atom. The van der Waals surface area contributed by atoms with Crippen LogP contribution in [0.15, 0.2) is 6.20 Å². The van der Waals surface area contributed by atoms with Gasteiger partial charge in [0.25, 0.3) is 12.1 Å². The van der Waals surface area contributed by atoms with E-state index < -0.39 is 39.5 Å². The molecule has 1 heterocycles. The van der Waals surface area contributed by atoms with Gasteiger partial charge in [0.1, 0.15) is 10.7 Å². The summed E-state index contributed by atoms with van der Waals surface area (Å²) in [6.07, 6.45) is -8.45. The van der Waals surface area contributed by atoms with Crippen LogP contribution >= 0.6 is 11.6 Å². The third-order valence-electron chi connectivity index (χ3n) is 1.73. The molecular weight excluding hydrogens is 275 g/mol. The fourth-order valence-electron chi connectivity index (χ4n) is 1.10. The van der Waals surface area contributed by atoms with Crippen molar-refractivity contribution < 1.29 is 26.9 Å². The van der Waals surface area contributed by atoms with Crippen molar-refractivity contribution in [3.63, 3.8) is 0 Å². The Balaban J connectivity index is 3.67. The van der Waals surface area contributed by atoms with Gasteiger partial charge in [-0.15, -0.1) is 0 Å². The van der Waals surface area contributed by atoms with Crippen molar-refractivity contribution >= 4 is 17.3 Å². The molecule has 0 aromatic carbocycles. The van der Waals surface area contributed by atoms with E-state index in [0.29, 0.717) is 0 Å². The minimum Gasteiger partial charge on any atom is -0.258 e. The van der Waals surface area contributed by atoms with E-state index in [1.54, 1.807) is 0 Å². The Morgan fingerprint density at radius 1 is 1.41 bits per heavy atom. The highest BCUT2D eigenvalue weighted by Gasteiger charge is 2.44. The molecule has 0 aliphatic carbocycles. The Morgan fingerprint density at radius 3 is 2.29 bits per heavy atom. The predicted molar refractivity (Wildman–Crippen MR) is 45.9 cm³/mol. The molecule has 1 rings (SSSR count). The molecule has 0 spiro atoms. The maximum atomic E-state index is 12.4. The van der Waals surface area contributed by atoms with E-state index in [2.05, 4.69) is 4.98 Å². The molecule has 0 radical (unpaired) electrons. The molecule has 0 N–H and O–H groups in total. The molecule has 0 unspecified atom stereocenters. The normalized spacial score (nSPS) is 11.9. The van der Waals surface area contributed by atoms with Gasteiger partial charge in [-0.1, -0.05) is 11.6 Å². The smallest absolute Gasteiger partial charge is 0.258 e. The summed E-state index contributed by atoms with van der Waals surface area (Å²) in [7, 11) is 0. The van der Waals surface area contributed by atoms with E-state index in [1.165, 1.54) is 0 Å². The Hall–Kier alpha value is -1.51. The zero-order chi connectivity index (χ0) is 13.4. The summed E-state index contributed by atoms with van der Waals surface area (Å²) in [6, 6.07) is 0. The maximum absolute atomic E-state index is 12.4. The van der Waals surface area contributed by atoms with E-state index >= 15 is 0 Å². The van der Waals surface area contributed by atoms with Crippen LogP contribution in [0.3, 0.4) is 0 Å². The van der Waals surface area contributed by atoms with Crippen LogP contribution in [-0.4, -0.2) is 9.91 Å². The van der Waals surface area contributed by atoms with Gasteiger partial charge in [-0.25, -0.2) is 13.8 Å². The highest BCUT2D eigenvalue weighted by molar-refractivity contribution is 6.30. The fraction of sp³-hybridized carbons (Fsp3) is 0.286. The number of nitrogens with zero attached hydrogens (tertiary/aromatic N) is 2. The molecule has 0 atom stereocenters. The minimum atomic E-state index is -5.24. The Bertz CT molecular complexity index is 462. The second-order valence-electron chi connectivity index (χ2n) is 2.78. The van der Waals surface area contributed by atoms with E-state index in [-0.39, 0.29) is 6.20 Å². The maximum Gasteiger partial charge on any atom is 0.426 e. The number of hydrogen-bond acceptors (Lipinski definition) is 3. The molecule has 0 amide bonds. The average Bonchev–Trinajstić information content (AvgIpc) is 2.14. The van der Waals surface area contributed by atoms with E-state index in [4.69, 9.17) is 11.6 Å². The molecule has 0 aliphatic heterocycles. The lowest BCUT2D eigenvalue weighted by Gasteiger charge is -2.11. The monoisotopic (exact) mass is 276 g/mol. The number of pyridine rings is 1. The number of hydrogen-bond donors (Lipinski definition) is 0. The zero-order valence-corrected chi connectivity index (χ0v) is 8.39. The van der Waals surface area contributed by atoms with Crippen LogP contribution in [0.5, 0.6) is 0 Å². The van der Waals surface area contributed by atoms with Crippen molar-refractivity contribution in [1.82, 2.24) is 4.98 Å². The van der Waals surface area contributed by atoms with Gasteiger partial charge in [-0.3, -0.25) is 10.1 Å². The second-order valence-corrected chi connectivity index (χ2v) is 3.14. The van der Waals surface area contributed by atoms with Crippen LogP contribution in [0.4, 0.5) is 27.6 Å². The lowest BCUT2D eigenvalue weighted by atomic mass is 10.1. The van der Waals surface area contributed by atoms with Gasteiger partial charge >= 0.3 is 6.18 Å². The van der Waals surface area contributed by atoms with E-state index in [9.17, 15) is 32.1 Å². The topological polar surface area (TPSA) is 56.0 Å². The number of aromatic nitrogens is 1. The first kappa shape index (κ1) is 13.6. The summed E-state index contributed by atoms with van der Waals surface area (Å²) in [5, 5.41) is 9.19. The minimum absolute atomic E-state index is 0.250. The van der Waals surface area contributed by atoms with Crippen LogP contribution in [0.25, 0.3) is 0 Å². The molecule has 0 saturated heterocycles. The summed E-state index contributed by atoms with van der Waals surface area (Å²) in [6.45, 7) is 0. The van der Waals surface area contributed by atoms with E-state index in [0.717, 1.165) is 0 Å². The van der Waals surface area contributed by atoms with Gasteiger partial charge in [-0.2, -0.15) is 13.2 Å². The molecule has 10 heteroatoms. The third-order valence-corrected chi connectivity index (χ3v) is 2.02. The Labute approximate surface area is 95.2 Å². The first-order chi connectivity index (χ1) is 7.66. The average molecular weight is 277 g/mol. The van der Waals surface area contributed by atoms with Gasteiger partial charge in [0.15, 0.2) is 5.56 Å². The predicted octanol–water partition coefficient (Wildman–Crippen LogP) is 3.60. The molecule has 0 bridgehead atoms. The zero-order valence-electron chi connectivity index (χ0n) is 7.63. The molecule has 94 valence electrons. The molecule has 1 aromatic heterocycles. The number of nitro groups is 1. The SMILES string of the molecule is O=[N+]([O-])c1c(C(F)F)cnc(Cl)c1C(F)(F)F. The number of alkyl halides is 5. The lowest BCUT2D eigenvalue weighted by molar-refractivity contribution is -0.389. The van der Waals surface area contributed by atoms with Crippen molar-refractivity contribution in [2.75, 3.05) is 0 Å². The van der Waals surface area contributed by atoms with Gasteiger partial charge in [0, 0.05) is 6.20 Å². The second kappa shape index (κ2) is 4.40. The number of rotatable bonds is 2. The van der Waals surface area contributed by atoms with Crippen LogP contribution in [0.2, 0.25) is 5.15 Å². The summed E-state index contributed by atoms with van der Waals surface area (Å²) in [4.78, 5) is 11.7. The number of halogens is 6. The summed E-state index contributed by atoms with van der Waals surface area (Å²) in [5.41, 5.74) is -5.17. The standard InChI is InChI=1S/C7H2ClF5N2O2/c8-5-3(7(11,12)13)4(15(16)17)2(1-14-5)6(9)10/h1,6H. The summed E-state index contributed by atoms with van der Waals surface area (Å²) >= 11 is 5.05. The molecule has 4 nitrogen and oxygen atoms in total. The van der Waals surface area contributed by atoms with Crippen LogP contribution < -0.4 is 0 Å². The molecule has 17 heavy (non-hydrogen) atoms. The van der Waals surface area contributed by atoms with Crippen molar-refractivity contribution in [2.24, 2.45) is 0 Å². The first-order valence-corrected chi connectivity index (χ1v) is 4.22. The molecule has 0 aliphatic rings. The van der Waals surface area contributed by atoms with Gasteiger partial charge in [-0.05, 0) is 0 Å². The van der Waals surface area contributed by atoms with Crippen molar-refractivity contribution in [1.29, 1.82) is 0 Å². The highest BCUT2D eigenvalue weighted by Crippen LogP contribution is 2.43. The van der Waals surface area contributed by atoms with Gasteiger partial charge in [0.2, 0.25) is 0 Å². The van der Waals surface area contributed by atoms with Gasteiger partial charge in [0.05, 0.1) is 4.92 Å². The Kier molecular flexibility index (Phi) is 3.51. The quantitative estimate of drug-likeness (QED) is 0.359. The summed E-state index contributed by atoms with van der Waals surface area (Å²) in [5.74, 6) is 0. The summed E-state index contributed by atoms with van der Waals surface area (Å²) < 4.78 is 62.0. The first-order valence-electron chi connectivity index (χ1n) is 3.84.